The highest BCUT2D eigenvalue weighted by atomic mass is 35.5. The van der Waals surface area contributed by atoms with Gasteiger partial charge in [0.2, 0.25) is 0 Å². The Morgan fingerprint density at radius 2 is 1.88 bits per heavy atom. The molecule has 0 N–H and O–H groups in total. The van der Waals surface area contributed by atoms with E-state index in [0.29, 0.717) is 29.6 Å². The van der Waals surface area contributed by atoms with Crippen molar-refractivity contribution in [3.63, 3.8) is 0 Å². The molecule has 1 atom stereocenters. The lowest BCUT2D eigenvalue weighted by Crippen LogP contribution is -2.46. The topological polar surface area (TPSA) is 48.0 Å². The first kappa shape index (κ1) is 16.5. The molecule has 0 saturated carbocycles. The van der Waals surface area contributed by atoms with Gasteiger partial charge in [-0.2, -0.15) is 0 Å². The molecule has 0 saturated heterocycles. The van der Waals surface area contributed by atoms with Crippen LogP contribution >= 0.6 is 11.6 Å². The number of nitrogens with zero attached hydrogens (tertiary/aromatic N) is 1. The molecule has 1 unspecified atom stereocenters. The lowest BCUT2D eigenvalue weighted by atomic mass is 10.2. The fourth-order valence-electron chi connectivity index (χ4n) is 2.54. The number of ether oxygens (including phenoxy) is 3. The van der Waals surface area contributed by atoms with E-state index in [0.717, 1.165) is 11.5 Å². The smallest absolute Gasteiger partial charge is 0.267 e. The minimum absolute atomic E-state index is 0.108. The van der Waals surface area contributed by atoms with E-state index in [1.165, 1.54) is 0 Å². The van der Waals surface area contributed by atoms with Crippen molar-refractivity contribution in [1.82, 2.24) is 0 Å². The van der Waals surface area contributed by atoms with Crippen molar-refractivity contribution in [3.05, 3.63) is 47.5 Å². The summed E-state index contributed by atoms with van der Waals surface area (Å²) >= 11 is 6.05. The SMILES string of the molecule is COc1ccc(OCCN2C(=O)C(C)Oc3ccc(Cl)cc32)cc1. The molecule has 24 heavy (non-hydrogen) atoms. The summed E-state index contributed by atoms with van der Waals surface area (Å²) in [5.41, 5.74) is 0.670. The van der Waals surface area contributed by atoms with Gasteiger partial charge in [0.1, 0.15) is 23.9 Å². The zero-order valence-electron chi connectivity index (χ0n) is 13.5. The molecule has 0 aliphatic carbocycles. The van der Waals surface area contributed by atoms with Crippen LogP contribution in [0.2, 0.25) is 5.02 Å². The van der Waals surface area contributed by atoms with Crippen LogP contribution < -0.4 is 19.1 Å². The zero-order chi connectivity index (χ0) is 17.1. The Kier molecular flexibility index (Phi) is 4.81. The van der Waals surface area contributed by atoms with Gasteiger partial charge in [-0.3, -0.25) is 4.79 Å². The monoisotopic (exact) mass is 347 g/mol. The first-order valence-corrected chi connectivity index (χ1v) is 8.00. The van der Waals surface area contributed by atoms with Gasteiger partial charge in [-0.15, -0.1) is 0 Å². The van der Waals surface area contributed by atoms with Crippen molar-refractivity contribution < 1.29 is 19.0 Å². The van der Waals surface area contributed by atoms with E-state index in [-0.39, 0.29) is 5.91 Å². The lowest BCUT2D eigenvalue weighted by Gasteiger charge is -2.33. The number of carbonyl (C=O) groups excluding carboxylic acids is 1. The molecule has 0 radical (unpaired) electrons. The third-order valence-electron chi connectivity index (χ3n) is 3.77. The minimum Gasteiger partial charge on any atom is -0.497 e. The van der Waals surface area contributed by atoms with Gasteiger partial charge in [-0.25, -0.2) is 0 Å². The van der Waals surface area contributed by atoms with Crippen molar-refractivity contribution >= 4 is 23.2 Å². The lowest BCUT2D eigenvalue weighted by molar-refractivity contribution is -0.125. The van der Waals surface area contributed by atoms with Gasteiger partial charge in [0.25, 0.3) is 5.91 Å². The molecule has 2 aromatic rings. The third-order valence-corrected chi connectivity index (χ3v) is 4.01. The van der Waals surface area contributed by atoms with Gasteiger partial charge < -0.3 is 19.1 Å². The Hall–Kier alpha value is -2.40. The van der Waals surface area contributed by atoms with E-state index in [1.54, 1.807) is 37.1 Å². The Morgan fingerprint density at radius 1 is 1.17 bits per heavy atom. The Morgan fingerprint density at radius 3 is 2.58 bits per heavy atom. The summed E-state index contributed by atoms with van der Waals surface area (Å²) in [7, 11) is 1.61. The molecule has 1 heterocycles. The van der Waals surface area contributed by atoms with Crippen LogP contribution in [0.15, 0.2) is 42.5 Å². The highest BCUT2D eigenvalue weighted by Gasteiger charge is 2.31. The second kappa shape index (κ2) is 7.01. The van der Waals surface area contributed by atoms with Crippen LogP contribution in [0.1, 0.15) is 6.92 Å². The van der Waals surface area contributed by atoms with Gasteiger partial charge in [-0.1, -0.05) is 11.6 Å². The summed E-state index contributed by atoms with van der Waals surface area (Å²) in [6.45, 7) is 2.50. The predicted molar refractivity (Wildman–Crippen MR) is 92.4 cm³/mol. The van der Waals surface area contributed by atoms with Gasteiger partial charge in [-0.05, 0) is 49.4 Å². The molecule has 3 rings (SSSR count). The van der Waals surface area contributed by atoms with Crippen LogP contribution in [0, 0.1) is 0 Å². The molecule has 126 valence electrons. The Bertz CT molecular complexity index is 732. The molecule has 6 heteroatoms. The molecule has 0 aromatic heterocycles. The molecule has 1 aliphatic rings. The summed E-state index contributed by atoms with van der Waals surface area (Å²) in [6, 6.07) is 12.6. The second-order valence-corrected chi connectivity index (χ2v) is 5.82. The molecular formula is C18H18ClNO4. The maximum absolute atomic E-state index is 12.4. The van der Waals surface area contributed by atoms with Crippen molar-refractivity contribution in [1.29, 1.82) is 0 Å². The number of halogens is 1. The van der Waals surface area contributed by atoms with Crippen LogP contribution in [0.5, 0.6) is 17.2 Å². The van der Waals surface area contributed by atoms with E-state index in [4.69, 9.17) is 25.8 Å². The molecule has 5 nitrogen and oxygen atoms in total. The van der Waals surface area contributed by atoms with E-state index in [2.05, 4.69) is 0 Å². The molecule has 0 bridgehead atoms. The number of methoxy groups -OCH3 is 1. The second-order valence-electron chi connectivity index (χ2n) is 5.39. The largest absolute Gasteiger partial charge is 0.497 e. The van der Waals surface area contributed by atoms with Gasteiger partial charge in [0.05, 0.1) is 19.3 Å². The fraction of sp³-hybridized carbons (Fsp3) is 0.278. The quantitative estimate of drug-likeness (QED) is 0.830. The van der Waals surface area contributed by atoms with Crippen LogP contribution in [-0.4, -0.2) is 32.3 Å². The summed E-state index contributed by atoms with van der Waals surface area (Å²) in [5.74, 6) is 2.03. The van der Waals surface area contributed by atoms with Crippen LogP contribution in [-0.2, 0) is 4.79 Å². The summed E-state index contributed by atoms with van der Waals surface area (Å²) < 4.78 is 16.4. The molecule has 0 fully saturated rings. The number of benzene rings is 2. The molecule has 0 spiro atoms. The molecule has 2 aromatic carbocycles. The third kappa shape index (κ3) is 3.41. The average molecular weight is 348 g/mol. The summed E-state index contributed by atoms with van der Waals surface area (Å²) in [6.07, 6.45) is -0.528. The van der Waals surface area contributed by atoms with Gasteiger partial charge in [0, 0.05) is 5.02 Å². The van der Waals surface area contributed by atoms with Crippen molar-refractivity contribution in [2.45, 2.75) is 13.0 Å². The standard InChI is InChI=1S/C18H18ClNO4/c1-12-18(21)20(16-11-13(19)3-8-17(16)24-12)9-10-23-15-6-4-14(22-2)5-7-15/h3-8,11-12H,9-10H2,1-2H3. The number of hydrogen-bond acceptors (Lipinski definition) is 4. The highest BCUT2D eigenvalue weighted by Crippen LogP contribution is 2.36. The first-order valence-electron chi connectivity index (χ1n) is 7.63. The maximum Gasteiger partial charge on any atom is 0.267 e. The highest BCUT2D eigenvalue weighted by molar-refractivity contribution is 6.31. The summed E-state index contributed by atoms with van der Waals surface area (Å²) in [5, 5.41) is 0.556. The number of amides is 1. The van der Waals surface area contributed by atoms with Crippen molar-refractivity contribution in [3.8, 4) is 17.2 Å². The van der Waals surface area contributed by atoms with E-state index >= 15 is 0 Å². The summed E-state index contributed by atoms with van der Waals surface area (Å²) in [4.78, 5) is 14.1. The Labute approximate surface area is 145 Å². The van der Waals surface area contributed by atoms with Gasteiger partial charge >= 0.3 is 0 Å². The number of rotatable bonds is 5. The predicted octanol–water partition coefficient (Wildman–Crippen LogP) is 3.54. The number of hydrogen-bond donors (Lipinski definition) is 0. The van der Waals surface area contributed by atoms with E-state index in [1.807, 2.05) is 24.3 Å². The normalized spacial score (nSPS) is 16.4. The zero-order valence-corrected chi connectivity index (χ0v) is 14.2. The first-order chi connectivity index (χ1) is 11.6. The van der Waals surface area contributed by atoms with E-state index < -0.39 is 6.10 Å². The van der Waals surface area contributed by atoms with E-state index in [9.17, 15) is 4.79 Å². The molecular weight excluding hydrogens is 330 g/mol. The van der Waals surface area contributed by atoms with Crippen molar-refractivity contribution in [2.24, 2.45) is 0 Å². The molecule has 1 amide bonds. The number of anilines is 1. The van der Waals surface area contributed by atoms with Gasteiger partial charge in [0.15, 0.2) is 6.10 Å². The average Bonchev–Trinajstić information content (AvgIpc) is 2.59. The van der Waals surface area contributed by atoms with Crippen LogP contribution in [0.3, 0.4) is 0 Å². The molecule has 1 aliphatic heterocycles. The number of fused-ring (bicyclic) bond motifs is 1. The van der Waals surface area contributed by atoms with Crippen LogP contribution in [0.25, 0.3) is 0 Å². The number of carbonyl (C=O) groups is 1. The van der Waals surface area contributed by atoms with Crippen molar-refractivity contribution in [2.75, 3.05) is 25.2 Å². The maximum atomic E-state index is 12.4. The fourth-order valence-corrected chi connectivity index (χ4v) is 2.70. The van der Waals surface area contributed by atoms with Crippen LogP contribution in [0.4, 0.5) is 5.69 Å². The minimum atomic E-state index is -0.528. The Balaban J connectivity index is 1.69.